The van der Waals surface area contributed by atoms with Crippen molar-refractivity contribution in [3.8, 4) is 0 Å². The highest BCUT2D eigenvalue weighted by Crippen LogP contribution is 2.23. The van der Waals surface area contributed by atoms with Crippen molar-refractivity contribution in [1.29, 1.82) is 0 Å². The second-order valence-corrected chi connectivity index (χ2v) is 5.71. The molecule has 1 aromatic heterocycles. The predicted molar refractivity (Wildman–Crippen MR) is 87.7 cm³/mol. The molecule has 122 valence electrons. The van der Waals surface area contributed by atoms with Crippen LogP contribution in [0.1, 0.15) is 17.7 Å². The number of benzene rings is 1. The van der Waals surface area contributed by atoms with Gasteiger partial charge in [-0.1, -0.05) is 34.4 Å². The molecular weight excluding hydrogens is 341 g/mol. The van der Waals surface area contributed by atoms with E-state index in [1.54, 1.807) is 31.2 Å². The van der Waals surface area contributed by atoms with Gasteiger partial charge in [0.1, 0.15) is 5.76 Å². The SMILES string of the molecule is Cc1cc(NC(=O)CNC(=O)CCc2ccc(Cl)c(Cl)c2)no1. The second-order valence-electron chi connectivity index (χ2n) is 4.90. The average molecular weight is 356 g/mol. The van der Waals surface area contributed by atoms with Crippen LogP contribution in [0, 0.1) is 6.92 Å². The fourth-order valence-corrected chi connectivity index (χ4v) is 2.15. The maximum atomic E-state index is 11.7. The molecule has 0 saturated heterocycles. The van der Waals surface area contributed by atoms with Crippen molar-refractivity contribution in [2.75, 3.05) is 11.9 Å². The molecule has 23 heavy (non-hydrogen) atoms. The van der Waals surface area contributed by atoms with Gasteiger partial charge in [0.25, 0.3) is 0 Å². The van der Waals surface area contributed by atoms with Gasteiger partial charge in [-0.25, -0.2) is 0 Å². The quantitative estimate of drug-likeness (QED) is 0.834. The van der Waals surface area contributed by atoms with Gasteiger partial charge < -0.3 is 15.2 Å². The summed E-state index contributed by atoms with van der Waals surface area (Å²) >= 11 is 11.7. The first-order valence-corrected chi connectivity index (χ1v) is 7.63. The topological polar surface area (TPSA) is 84.2 Å². The van der Waals surface area contributed by atoms with Crippen LogP contribution in [0.4, 0.5) is 5.82 Å². The van der Waals surface area contributed by atoms with Crippen LogP contribution >= 0.6 is 23.2 Å². The number of aryl methyl sites for hydroxylation is 2. The fourth-order valence-electron chi connectivity index (χ4n) is 1.83. The Hall–Kier alpha value is -2.05. The van der Waals surface area contributed by atoms with E-state index >= 15 is 0 Å². The van der Waals surface area contributed by atoms with Gasteiger partial charge in [0.05, 0.1) is 16.6 Å². The monoisotopic (exact) mass is 355 g/mol. The molecule has 0 bridgehead atoms. The van der Waals surface area contributed by atoms with Gasteiger partial charge in [-0.2, -0.15) is 0 Å². The molecule has 0 atom stereocenters. The van der Waals surface area contributed by atoms with Crippen LogP contribution in [0.15, 0.2) is 28.8 Å². The van der Waals surface area contributed by atoms with Crippen molar-refractivity contribution < 1.29 is 14.1 Å². The summed E-state index contributed by atoms with van der Waals surface area (Å²) in [5.74, 6) is 0.298. The number of anilines is 1. The van der Waals surface area contributed by atoms with Crippen molar-refractivity contribution in [2.24, 2.45) is 0 Å². The summed E-state index contributed by atoms with van der Waals surface area (Å²) in [6.45, 7) is 1.58. The highest BCUT2D eigenvalue weighted by molar-refractivity contribution is 6.42. The highest BCUT2D eigenvalue weighted by Gasteiger charge is 2.09. The zero-order chi connectivity index (χ0) is 16.8. The van der Waals surface area contributed by atoms with E-state index in [-0.39, 0.29) is 24.8 Å². The summed E-state index contributed by atoms with van der Waals surface area (Å²) in [6, 6.07) is 6.80. The van der Waals surface area contributed by atoms with Gasteiger partial charge in [-0.3, -0.25) is 9.59 Å². The van der Waals surface area contributed by atoms with E-state index < -0.39 is 0 Å². The number of amides is 2. The van der Waals surface area contributed by atoms with E-state index in [2.05, 4.69) is 15.8 Å². The Morgan fingerprint density at radius 2 is 1.96 bits per heavy atom. The average Bonchev–Trinajstić information content (AvgIpc) is 2.91. The van der Waals surface area contributed by atoms with Crippen molar-refractivity contribution in [2.45, 2.75) is 19.8 Å². The largest absolute Gasteiger partial charge is 0.360 e. The molecule has 0 saturated carbocycles. The number of rotatable bonds is 6. The minimum Gasteiger partial charge on any atom is -0.360 e. The summed E-state index contributed by atoms with van der Waals surface area (Å²) in [6.07, 6.45) is 0.751. The Morgan fingerprint density at radius 1 is 1.17 bits per heavy atom. The fraction of sp³-hybridized carbons (Fsp3) is 0.267. The molecule has 1 aromatic carbocycles. The first-order valence-electron chi connectivity index (χ1n) is 6.88. The summed E-state index contributed by atoms with van der Waals surface area (Å²) in [7, 11) is 0. The normalized spacial score (nSPS) is 10.4. The van der Waals surface area contributed by atoms with Gasteiger partial charge in [0.2, 0.25) is 11.8 Å². The Balaban J connectivity index is 1.72. The van der Waals surface area contributed by atoms with E-state index in [0.29, 0.717) is 28.0 Å². The molecule has 0 aliphatic heterocycles. The van der Waals surface area contributed by atoms with Gasteiger partial charge in [0, 0.05) is 12.5 Å². The number of hydrogen-bond acceptors (Lipinski definition) is 4. The second kappa shape index (κ2) is 7.99. The Morgan fingerprint density at radius 3 is 2.61 bits per heavy atom. The lowest BCUT2D eigenvalue weighted by Gasteiger charge is -2.06. The van der Waals surface area contributed by atoms with Crippen LogP contribution in [0.2, 0.25) is 10.0 Å². The van der Waals surface area contributed by atoms with Crippen LogP contribution < -0.4 is 10.6 Å². The molecule has 6 nitrogen and oxygen atoms in total. The van der Waals surface area contributed by atoms with E-state index in [1.165, 1.54) is 0 Å². The summed E-state index contributed by atoms with van der Waals surface area (Å²) < 4.78 is 4.82. The van der Waals surface area contributed by atoms with Crippen molar-refractivity contribution in [3.05, 3.63) is 45.6 Å². The van der Waals surface area contributed by atoms with Crippen LogP contribution in [-0.4, -0.2) is 23.5 Å². The summed E-state index contributed by atoms with van der Waals surface area (Å²) in [5.41, 5.74) is 0.900. The Kier molecular flexibility index (Phi) is 6.01. The van der Waals surface area contributed by atoms with Crippen molar-refractivity contribution in [3.63, 3.8) is 0 Å². The maximum Gasteiger partial charge on any atom is 0.245 e. The number of nitrogens with one attached hydrogen (secondary N) is 2. The molecule has 0 unspecified atom stereocenters. The summed E-state index contributed by atoms with van der Waals surface area (Å²) in [5, 5.41) is 9.61. The van der Waals surface area contributed by atoms with Crippen molar-refractivity contribution >= 4 is 40.8 Å². The van der Waals surface area contributed by atoms with Crippen LogP contribution in [0.3, 0.4) is 0 Å². The first kappa shape index (κ1) is 17.3. The lowest BCUT2D eigenvalue weighted by atomic mass is 10.1. The minimum absolute atomic E-state index is 0.133. The molecule has 8 heteroatoms. The zero-order valence-corrected chi connectivity index (χ0v) is 13.9. The third-order valence-corrected chi connectivity index (χ3v) is 3.71. The van der Waals surface area contributed by atoms with E-state index in [4.69, 9.17) is 27.7 Å². The number of carbonyl (C=O) groups is 2. The number of aromatic nitrogens is 1. The number of hydrogen-bond donors (Lipinski definition) is 2. The minimum atomic E-state index is -0.374. The van der Waals surface area contributed by atoms with E-state index in [9.17, 15) is 9.59 Å². The first-order chi connectivity index (χ1) is 10.9. The van der Waals surface area contributed by atoms with Gasteiger partial charge in [-0.15, -0.1) is 0 Å². The Labute approximate surface area is 143 Å². The van der Waals surface area contributed by atoms with Crippen molar-refractivity contribution in [1.82, 2.24) is 10.5 Å². The number of carbonyl (C=O) groups excluding carboxylic acids is 2. The third-order valence-electron chi connectivity index (χ3n) is 2.97. The molecule has 0 aliphatic rings. The Bertz CT molecular complexity index is 716. The molecule has 2 N–H and O–H groups in total. The molecule has 2 amide bonds. The molecule has 0 spiro atoms. The number of nitrogens with zero attached hydrogens (tertiary/aromatic N) is 1. The predicted octanol–water partition coefficient (Wildman–Crippen LogP) is 2.98. The molecule has 0 aliphatic carbocycles. The lowest BCUT2D eigenvalue weighted by Crippen LogP contribution is -2.33. The standard InChI is InChI=1S/C15H15Cl2N3O3/c1-9-6-13(20-23-9)19-15(22)8-18-14(21)5-3-10-2-4-11(16)12(17)7-10/h2,4,6-7H,3,5,8H2,1H3,(H,18,21)(H,19,20,22). The molecule has 0 radical (unpaired) electrons. The van der Waals surface area contributed by atoms with E-state index in [0.717, 1.165) is 5.56 Å². The van der Waals surface area contributed by atoms with Gasteiger partial charge in [0.15, 0.2) is 5.82 Å². The lowest BCUT2D eigenvalue weighted by molar-refractivity contribution is -0.124. The maximum absolute atomic E-state index is 11.7. The van der Waals surface area contributed by atoms with E-state index in [1.807, 2.05) is 0 Å². The van der Waals surface area contributed by atoms with Crippen LogP contribution in [-0.2, 0) is 16.0 Å². The smallest absolute Gasteiger partial charge is 0.245 e. The molecular formula is C15H15Cl2N3O3. The highest BCUT2D eigenvalue weighted by atomic mass is 35.5. The van der Waals surface area contributed by atoms with Crippen LogP contribution in [0.25, 0.3) is 0 Å². The third kappa shape index (κ3) is 5.58. The molecule has 0 fully saturated rings. The number of halogens is 2. The molecule has 2 aromatic rings. The summed E-state index contributed by atoms with van der Waals surface area (Å²) in [4.78, 5) is 23.4. The van der Waals surface area contributed by atoms with Gasteiger partial charge in [-0.05, 0) is 31.0 Å². The molecule has 2 rings (SSSR count). The van der Waals surface area contributed by atoms with Gasteiger partial charge >= 0.3 is 0 Å². The van der Waals surface area contributed by atoms with Crippen LogP contribution in [0.5, 0.6) is 0 Å². The zero-order valence-electron chi connectivity index (χ0n) is 12.4. The molecule has 1 heterocycles.